The molecule has 752 valence electrons. The third kappa shape index (κ3) is 37.3. The number of ether oxygens (including phenoxy) is 5. The van der Waals surface area contributed by atoms with Crippen molar-refractivity contribution in [3.8, 4) is 0 Å². The molecule has 35 heteroatoms. The minimum atomic E-state index is -1.16. The van der Waals surface area contributed by atoms with Gasteiger partial charge in [-0.25, -0.2) is 14.4 Å². The van der Waals surface area contributed by atoms with E-state index in [4.69, 9.17) is 40.3 Å². The Morgan fingerprint density at radius 1 is 0.500 bits per heavy atom. The third-order valence-corrected chi connectivity index (χ3v) is 25.6. The van der Waals surface area contributed by atoms with Crippen molar-refractivity contribution in [2.75, 3.05) is 76.3 Å². The number of carboxylic acids is 1. The maximum Gasteiger partial charge on any atom is 0.408 e. The Morgan fingerprint density at radius 3 is 1.23 bits per heavy atom. The van der Waals surface area contributed by atoms with Gasteiger partial charge >= 0.3 is 18.1 Å². The van der Waals surface area contributed by atoms with E-state index in [0.29, 0.717) is 69.2 Å². The van der Waals surface area contributed by atoms with Gasteiger partial charge in [0.15, 0.2) is 0 Å². The van der Waals surface area contributed by atoms with Crippen LogP contribution in [0.2, 0.25) is 0 Å². The first kappa shape index (κ1) is 119. The summed E-state index contributed by atoms with van der Waals surface area (Å²) in [7, 11) is 12.9. The van der Waals surface area contributed by atoms with Crippen LogP contribution in [-0.4, -0.2) is 290 Å². The Kier molecular flexibility index (Phi) is 53.1. The number of aliphatic carboxylic acids is 1. The number of hydrogen-bond donors (Lipinski definition) is 12. The van der Waals surface area contributed by atoms with Gasteiger partial charge in [-0.15, -0.1) is 0 Å². The molecule has 132 heavy (non-hydrogen) atoms. The van der Waals surface area contributed by atoms with Crippen LogP contribution in [0.5, 0.6) is 0 Å². The number of aliphatic hydroxyl groups excluding tert-OH is 2. The fourth-order valence-electron chi connectivity index (χ4n) is 17.6. The first-order valence-corrected chi connectivity index (χ1v) is 47.2. The van der Waals surface area contributed by atoms with Crippen molar-refractivity contribution in [1.82, 2.24) is 61.7 Å². The quantitative estimate of drug-likeness (QED) is 0.0276. The number of carboxylic acid groups (broad SMARTS) is 1. The van der Waals surface area contributed by atoms with Crippen LogP contribution in [-0.2, 0) is 76.4 Å². The number of unbranched alkanes of at least 4 members (excludes halogenated alkanes) is 1. The smallest absolute Gasteiger partial charge is 0.408 e. The van der Waals surface area contributed by atoms with Crippen molar-refractivity contribution < 1.29 is 101 Å². The number of amides is 13. The summed E-state index contributed by atoms with van der Waals surface area (Å²) in [5.74, 6) is -6.30. The number of carbonyl (C=O) groups excluding carboxylic acids is 12. The number of hydrogen-bond acceptors (Lipinski definition) is 21. The lowest BCUT2D eigenvalue weighted by atomic mass is 9.89. The Bertz CT molecular complexity index is 3880. The second-order valence-electron chi connectivity index (χ2n) is 38.2. The SMILES string of the molecule is CC(C)(C)OC(=O)N[C@@H](CCCNC(N)=O)C(=O)O.CC[C@H](C)C([C@@H](CC(=O)N1CCC[C@@H]1[C@@H](OC)[C@@H](C)C(=O)N[C@@H](C)[C@H](O)c1ccccc1)OC)N(C)C(=O)[C@@H](NC(=O)[C@@H](C(C)C)N(C)C(=O)[C@@H](C)CCCCC(N)=O)C(C)C.CC[C@H](C)C([C@@H](CC(=O)N1CCC[C@@H]1[C@@H](OC)[C@@H](C)C(=O)N[C@@H](C)[C@H](O)c1ccccc1)OC)N(C)C(=O)[C@@H](NC(=O)[C@H](NC)C(C)C)C(C)C. The summed E-state index contributed by atoms with van der Waals surface area (Å²) in [4.78, 5) is 177. The Morgan fingerprint density at radius 2 is 0.902 bits per heavy atom. The van der Waals surface area contributed by atoms with E-state index in [-0.39, 0.29) is 139 Å². The molecule has 0 spiro atoms. The molecule has 2 saturated heterocycles. The summed E-state index contributed by atoms with van der Waals surface area (Å²) in [5, 5.41) is 50.1. The molecule has 4 rings (SSSR count). The van der Waals surface area contributed by atoms with E-state index >= 15 is 0 Å². The van der Waals surface area contributed by atoms with Crippen LogP contribution in [0.3, 0.4) is 0 Å². The highest BCUT2D eigenvalue weighted by molar-refractivity contribution is 5.93. The molecule has 2 aromatic carbocycles. The molecule has 13 amide bonds. The molecule has 0 saturated carbocycles. The molecule has 0 aromatic heterocycles. The van der Waals surface area contributed by atoms with Crippen LogP contribution < -0.4 is 48.7 Å². The number of nitrogens with zero attached hydrogens (tertiary/aromatic N) is 5. The largest absolute Gasteiger partial charge is 0.480 e. The van der Waals surface area contributed by atoms with E-state index < -0.39 is 132 Å². The molecule has 2 unspecified atom stereocenters. The first-order chi connectivity index (χ1) is 61.8. The van der Waals surface area contributed by atoms with Crippen LogP contribution >= 0.6 is 0 Å². The van der Waals surface area contributed by atoms with Crippen LogP contribution in [0.25, 0.3) is 0 Å². The molecule has 2 heterocycles. The minimum Gasteiger partial charge on any atom is -0.480 e. The summed E-state index contributed by atoms with van der Waals surface area (Å²) in [6.07, 6.45) is 1.72. The zero-order chi connectivity index (χ0) is 101. The molecular weight excluding hydrogens is 1700 g/mol. The molecule has 2 fully saturated rings. The van der Waals surface area contributed by atoms with E-state index in [1.54, 1.807) is 130 Å². The number of nitrogens with two attached hydrogens (primary N) is 2. The van der Waals surface area contributed by atoms with Crippen molar-refractivity contribution in [1.29, 1.82) is 0 Å². The molecule has 14 N–H and O–H groups in total. The minimum absolute atomic E-state index is 0.0148. The average Bonchev–Trinajstić information content (AvgIpc) is 1.74. The number of likely N-dealkylation sites (tertiary alicyclic amines) is 2. The highest BCUT2D eigenvalue weighted by Gasteiger charge is 2.47. The topological polar surface area (TPSA) is 481 Å². The second kappa shape index (κ2) is 58.9. The highest BCUT2D eigenvalue weighted by atomic mass is 16.6. The first-order valence-electron chi connectivity index (χ1n) is 47.2. The Hall–Kier alpha value is -9.13. The van der Waals surface area contributed by atoms with Crippen molar-refractivity contribution in [3.05, 3.63) is 71.8 Å². The third-order valence-electron chi connectivity index (χ3n) is 25.6. The predicted octanol–water partition coefficient (Wildman–Crippen LogP) is 8.39. The van der Waals surface area contributed by atoms with Crippen molar-refractivity contribution in [2.24, 2.45) is 64.7 Å². The maximum absolute atomic E-state index is 14.5. The molecule has 0 bridgehead atoms. The van der Waals surface area contributed by atoms with Crippen molar-refractivity contribution >= 4 is 77.2 Å². The molecular formula is C97H168N14O21. The van der Waals surface area contributed by atoms with Gasteiger partial charge in [0.2, 0.25) is 59.1 Å². The second-order valence-corrected chi connectivity index (χ2v) is 38.2. The standard InChI is InChI=1S/C47H80N6O9.C39H67N5O7.C11H21N3O5/c1-14-30(6)41(52(11)47(60)39(28(2)3)50-45(58)40(29(4)5)51(10)46(59)31(7)21-18-19-25-37(48)54)36(61-12)27-38(55)53-26-20-24-35(53)43(62-13)32(8)44(57)49-33(9)42(56)34-22-16-15-17-23-34;1-13-25(6)34(43(10)39(49)33(24(4)5)42-38(48)32(40-9)23(2)3)30(50-11)22-31(45)44-21-17-20-29(44)36(51-12)26(7)37(47)41-27(8)35(46)28-18-15-14-16-19-28;1-11(2,3)19-10(18)14-7(8(15)16)5-4-6-13-9(12)17/h15-17,22-23,28-33,35-36,39-43,56H,14,18-21,24-27H2,1-13H3,(H2,48,54)(H,49,57)(H,50,58);14-16,18-19,23-27,29-30,32-36,40,46H,13,17,20-22H2,1-12H3,(H,41,47)(H,42,48);7H,4-6H2,1-3H3,(H,14,18)(H,15,16)(H3,12,13,17)/t30-,31-,32+,33-,35+,36+,39-,40+,41?,42-,43-;25-,26+,27-,29+,30+,32+,33-,34?,35-,36-;7-/m000/s1. The Balaban J connectivity index is 0.000000754. The van der Waals surface area contributed by atoms with E-state index in [1.807, 2.05) is 132 Å². The summed E-state index contributed by atoms with van der Waals surface area (Å²) < 4.78 is 28.9. The lowest BCUT2D eigenvalue weighted by Gasteiger charge is -2.41. The van der Waals surface area contributed by atoms with Crippen molar-refractivity contribution in [3.63, 3.8) is 0 Å². The number of aliphatic hydroxyl groups is 2. The molecule has 0 aliphatic carbocycles. The number of carbonyl (C=O) groups is 13. The summed E-state index contributed by atoms with van der Waals surface area (Å²) in [6, 6.07) is 10.8. The lowest BCUT2D eigenvalue weighted by Crippen LogP contribution is -2.60. The number of urea groups is 1. The number of benzene rings is 2. The predicted molar refractivity (Wildman–Crippen MR) is 507 cm³/mol. The van der Waals surface area contributed by atoms with Gasteiger partial charge in [0.25, 0.3) is 0 Å². The fourth-order valence-corrected chi connectivity index (χ4v) is 17.6. The van der Waals surface area contributed by atoms with E-state index in [2.05, 4.69) is 37.2 Å². The van der Waals surface area contributed by atoms with Crippen molar-refractivity contribution in [2.45, 2.75) is 337 Å². The number of nitrogens with one attached hydrogen (secondary N) is 7. The normalized spacial score (nSPS) is 18.5. The summed E-state index contributed by atoms with van der Waals surface area (Å²) in [5.41, 5.74) is 10.8. The molecule has 2 aromatic rings. The highest BCUT2D eigenvalue weighted by Crippen LogP contribution is 2.34. The summed E-state index contributed by atoms with van der Waals surface area (Å²) in [6.45, 7) is 38.4. The molecule has 22 atom stereocenters. The molecule has 2 aliphatic rings. The number of likely N-dealkylation sites (N-methyl/N-ethyl adjacent to an activating group) is 4. The number of primary amides is 2. The Labute approximate surface area is 786 Å². The zero-order valence-corrected chi connectivity index (χ0v) is 84.4. The molecule has 35 nitrogen and oxygen atoms in total. The van der Waals surface area contributed by atoms with Gasteiger partial charge in [0.05, 0.1) is 104 Å². The van der Waals surface area contributed by atoms with Gasteiger partial charge in [-0.1, -0.05) is 184 Å². The van der Waals surface area contributed by atoms with E-state index in [9.17, 15) is 72.5 Å². The van der Waals surface area contributed by atoms with Crippen LogP contribution in [0, 0.1) is 53.3 Å². The average molecular weight is 1870 g/mol. The zero-order valence-electron chi connectivity index (χ0n) is 84.4. The fraction of sp³-hybridized carbons (Fsp3) is 0.742. The van der Waals surface area contributed by atoms with Crippen LogP contribution in [0.4, 0.5) is 9.59 Å². The van der Waals surface area contributed by atoms with Crippen LogP contribution in [0.1, 0.15) is 252 Å². The van der Waals surface area contributed by atoms with Gasteiger partial charge < -0.3 is 112 Å². The molecule has 0 radical (unpaired) electrons. The van der Waals surface area contributed by atoms with E-state index in [0.717, 1.165) is 19.3 Å². The monoisotopic (exact) mass is 1870 g/mol. The maximum atomic E-state index is 14.5. The number of rotatable bonds is 52. The van der Waals surface area contributed by atoms with Gasteiger partial charge in [-0.2, -0.15) is 0 Å². The van der Waals surface area contributed by atoms with Crippen LogP contribution in [0.15, 0.2) is 60.7 Å². The van der Waals surface area contributed by atoms with Gasteiger partial charge in [0.1, 0.15) is 29.8 Å². The summed E-state index contributed by atoms with van der Waals surface area (Å²) >= 11 is 0. The lowest BCUT2D eigenvalue weighted by molar-refractivity contribution is -0.149. The van der Waals surface area contributed by atoms with E-state index in [1.165, 1.54) is 19.1 Å². The van der Waals surface area contributed by atoms with Gasteiger partial charge in [-0.05, 0) is 140 Å². The number of methoxy groups -OCH3 is 4. The molecule has 2 aliphatic heterocycles. The van der Waals surface area contributed by atoms with Gasteiger partial charge in [0, 0.05) is 81.6 Å². The van der Waals surface area contributed by atoms with Gasteiger partial charge in [-0.3, -0.25) is 47.9 Å². The number of alkyl carbamates (subject to hydrolysis) is 1.